The summed E-state index contributed by atoms with van der Waals surface area (Å²) < 4.78 is 1.70. The van der Waals surface area contributed by atoms with Gasteiger partial charge < -0.3 is 9.67 Å². The van der Waals surface area contributed by atoms with Crippen LogP contribution in [0.4, 0.5) is 5.69 Å². The highest BCUT2D eigenvalue weighted by Gasteiger charge is 2.20. The SMILES string of the molecule is O=C(O)Cc1c(Cl)nc(-c2ccc([N+](=O)[O-])cc2)n1Cc1ccc(Cl)cc1. The van der Waals surface area contributed by atoms with Crippen LogP contribution in [-0.2, 0) is 17.8 Å². The molecule has 2 aromatic carbocycles. The van der Waals surface area contributed by atoms with Crippen molar-refractivity contribution in [1.29, 1.82) is 0 Å². The molecule has 27 heavy (non-hydrogen) atoms. The van der Waals surface area contributed by atoms with E-state index in [9.17, 15) is 20.0 Å². The predicted molar refractivity (Wildman–Crippen MR) is 101 cm³/mol. The van der Waals surface area contributed by atoms with Crippen molar-refractivity contribution < 1.29 is 14.8 Å². The Hall–Kier alpha value is -2.90. The molecule has 0 amide bonds. The summed E-state index contributed by atoms with van der Waals surface area (Å²) in [6, 6.07) is 12.9. The Bertz CT molecular complexity index is 999. The van der Waals surface area contributed by atoms with Gasteiger partial charge >= 0.3 is 5.97 Å². The van der Waals surface area contributed by atoms with E-state index in [2.05, 4.69) is 4.98 Å². The van der Waals surface area contributed by atoms with Crippen molar-refractivity contribution in [2.45, 2.75) is 13.0 Å². The summed E-state index contributed by atoms with van der Waals surface area (Å²) in [6.07, 6.45) is -0.299. The lowest BCUT2D eigenvalue weighted by atomic mass is 10.1. The quantitative estimate of drug-likeness (QED) is 0.482. The lowest BCUT2D eigenvalue weighted by molar-refractivity contribution is -0.384. The molecule has 3 rings (SSSR count). The molecule has 0 fully saturated rings. The third-order valence-electron chi connectivity index (χ3n) is 3.93. The van der Waals surface area contributed by atoms with E-state index in [0.29, 0.717) is 28.6 Å². The normalized spacial score (nSPS) is 10.7. The number of aliphatic carboxylic acids is 1. The lowest BCUT2D eigenvalue weighted by Gasteiger charge is -2.12. The highest BCUT2D eigenvalue weighted by Crippen LogP contribution is 2.28. The fourth-order valence-corrected chi connectivity index (χ4v) is 3.04. The summed E-state index contributed by atoms with van der Waals surface area (Å²) in [6.45, 7) is 0.325. The van der Waals surface area contributed by atoms with E-state index in [0.717, 1.165) is 5.56 Å². The van der Waals surface area contributed by atoms with E-state index >= 15 is 0 Å². The molecule has 3 aromatic rings. The van der Waals surface area contributed by atoms with Crippen molar-refractivity contribution in [1.82, 2.24) is 9.55 Å². The first kappa shape index (κ1) is 18.9. The van der Waals surface area contributed by atoms with Gasteiger partial charge in [-0.15, -0.1) is 0 Å². The maximum atomic E-state index is 11.2. The molecule has 0 atom stereocenters. The zero-order chi connectivity index (χ0) is 19.6. The van der Waals surface area contributed by atoms with Crippen LogP contribution in [0, 0.1) is 10.1 Å². The number of halogens is 2. The Balaban J connectivity index is 2.08. The minimum atomic E-state index is -1.04. The maximum Gasteiger partial charge on any atom is 0.309 e. The fraction of sp³-hybridized carbons (Fsp3) is 0.111. The van der Waals surface area contributed by atoms with E-state index in [1.165, 1.54) is 12.1 Å². The van der Waals surface area contributed by atoms with Crippen LogP contribution in [0.1, 0.15) is 11.3 Å². The smallest absolute Gasteiger partial charge is 0.309 e. The molecule has 0 spiro atoms. The monoisotopic (exact) mass is 405 g/mol. The van der Waals surface area contributed by atoms with E-state index in [4.69, 9.17) is 23.2 Å². The molecule has 0 saturated heterocycles. The first-order valence-corrected chi connectivity index (χ1v) is 8.56. The van der Waals surface area contributed by atoms with Gasteiger partial charge in [-0.1, -0.05) is 35.3 Å². The van der Waals surface area contributed by atoms with Crippen LogP contribution in [0.3, 0.4) is 0 Å². The predicted octanol–water partition coefficient (Wildman–Crippen LogP) is 4.44. The average Bonchev–Trinajstić information content (AvgIpc) is 2.92. The Labute approximate surface area is 163 Å². The van der Waals surface area contributed by atoms with Crippen LogP contribution in [0.5, 0.6) is 0 Å². The number of benzene rings is 2. The number of nitro benzene ring substituents is 1. The largest absolute Gasteiger partial charge is 0.481 e. The number of rotatable bonds is 6. The second-order valence-corrected chi connectivity index (χ2v) is 6.55. The molecule has 0 radical (unpaired) electrons. The van der Waals surface area contributed by atoms with Crippen LogP contribution in [0.25, 0.3) is 11.4 Å². The third-order valence-corrected chi connectivity index (χ3v) is 4.49. The number of hydrogen-bond donors (Lipinski definition) is 1. The topological polar surface area (TPSA) is 98.3 Å². The fourth-order valence-electron chi connectivity index (χ4n) is 2.66. The van der Waals surface area contributed by atoms with Gasteiger partial charge in [0, 0.05) is 29.3 Å². The average molecular weight is 406 g/mol. The van der Waals surface area contributed by atoms with E-state index in [-0.39, 0.29) is 17.3 Å². The number of nitrogens with zero attached hydrogens (tertiary/aromatic N) is 3. The van der Waals surface area contributed by atoms with Crippen LogP contribution in [-0.4, -0.2) is 25.6 Å². The van der Waals surface area contributed by atoms with Gasteiger partial charge in [-0.2, -0.15) is 0 Å². The molecule has 0 bridgehead atoms. The first-order valence-electron chi connectivity index (χ1n) is 7.81. The summed E-state index contributed by atoms with van der Waals surface area (Å²) in [5, 5.41) is 20.7. The van der Waals surface area contributed by atoms with Gasteiger partial charge in [-0.05, 0) is 29.8 Å². The molecular weight excluding hydrogens is 393 g/mol. The molecule has 7 nitrogen and oxygen atoms in total. The molecule has 0 aliphatic heterocycles. The maximum absolute atomic E-state index is 11.2. The second kappa shape index (κ2) is 7.77. The highest BCUT2D eigenvalue weighted by molar-refractivity contribution is 6.30. The van der Waals surface area contributed by atoms with Crippen LogP contribution in [0.2, 0.25) is 10.2 Å². The molecular formula is C18H13Cl2N3O4. The Morgan fingerprint density at radius 1 is 1.11 bits per heavy atom. The zero-order valence-electron chi connectivity index (χ0n) is 13.8. The van der Waals surface area contributed by atoms with Gasteiger partial charge in [0.15, 0.2) is 5.15 Å². The molecule has 1 aromatic heterocycles. The number of carboxylic acids is 1. The van der Waals surface area contributed by atoms with Gasteiger partial charge in [0.2, 0.25) is 0 Å². The lowest BCUT2D eigenvalue weighted by Crippen LogP contribution is -2.11. The second-order valence-electron chi connectivity index (χ2n) is 5.76. The molecule has 0 aliphatic carbocycles. The number of carbonyl (C=O) groups is 1. The number of hydrogen-bond acceptors (Lipinski definition) is 4. The van der Waals surface area contributed by atoms with Crippen molar-refractivity contribution in [2.75, 3.05) is 0 Å². The van der Waals surface area contributed by atoms with Crippen molar-refractivity contribution in [3.63, 3.8) is 0 Å². The van der Waals surface area contributed by atoms with Gasteiger partial charge in [0.1, 0.15) is 5.82 Å². The van der Waals surface area contributed by atoms with Crippen LogP contribution < -0.4 is 0 Å². The first-order chi connectivity index (χ1) is 12.8. The van der Waals surface area contributed by atoms with Gasteiger partial charge in [0.25, 0.3) is 5.69 Å². The number of carboxylic acid groups (broad SMARTS) is 1. The number of aromatic nitrogens is 2. The third kappa shape index (κ3) is 4.27. The van der Waals surface area contributed by atoms with Crippen molar-refractivity contribution in [3.8, 4) is 11.4 Å². The Morgan fingerprint density at radius 3 is 2.30 bits per heavy atom. The number of imidazole rings is 1. The van der Waals surface area contributed by atoms with Gasteiger partial charge in [-0.25, -0.2) is 4.98 Å². The van der Waals surface area contributed by atoms with Crippen molar-refractivity contribution >= 4 is 34.9 Å². The molecule has 1 heterocycles. The van der Waals surface area contributed by atoms with Crippen LogP contribution >= 0.6 is 23.2 Å². The van der Waals surface area contributed by atoms with E-state index in [1.807, 2.05) is 12.1 Å². The molecule has 138 valence electrons. The van der Waals surface area contributed by atoms with E-state index < -0.39 is 10.9 Å². The Morgan fingerprint density at radius 2 is 1.74 bits per heavy atom. The molecule has 0 unspecified atom stereocenters. The molecule has 9 heteroatoms. The van der Waals surface area contributed by atoms with Crippen LogP contribution in [0.15, 0.2) is 48.5 Å². The minimum absolute atomic E-state index is 0.0496. The van der Waals surface area contributed by atoms with Gasteiger partial charge in [0.05, 0.1) is 17.0 Å². The number of non-ortho nitro benzene ring substituents is 1. The highest BCUT2D eigenvalue weighted by atomic mass is 35.5. The summed E-state index contributed by atoms with van der Waals surface area (Å²) in [5.41, 5.74) is 1.77. The molecule has 1 N–H and O–H groups in total. The standard InChI is InChI=1S/C18H13Cl2N3O4/c19-13-5-1-11(2-6-13)10-22-15(9-16(24)25)17(20)21-18(22)12-3-7-14(8-4-12)23(26)27/h1-8H,9-10H2,(H,24,25). The number of nitro groups is 1. The Kier molecular flexibility index (Phi) is 5.43. The van der Waals surface area contributed by atoms with E-state index in [1.54, 1.807) is 28.8 Å². The van der Waals surface area contributed by atoms with Crippen molar-refractivity contribution in [3.05, 3.63) is 80.1 Å². The molecule has 0 saturated carbocycles. The summed E-state index contributed by atoms with van der Waals surface area (Å²) >= 11 is 12.1. The zero-order valence-corrected chi connectivity index (χ0v) is 15.3. The molecule has 0 aliphatic rings. The van der Waals surface area contributed by atoms with Gasteiger partial charge in [-0.3, -0.25) is 14.9 Å². The minimum Gasteiger partial charge on any atom is -0.481 e. The summed E-state index contributed by atoms with van der Waals surface area (Å²) in [4.78, 5) is 25.9. The summed E-state index contributed by atoms with van der Waals surface area (Å²) in [5.74, 6) is -0.606. The summed E-state index contributed by atoms with van der Waals surface area (Å²) in [7, 11) is 0. The van der Waals surface area contributed by atoms with Crippen molar-refractivity contribution in [2.24, 2.45) is 0 Å².